The molecule has 0 saturated carbocycles. The van der Waals surface area contributed by atoms with Crippen LogP contribution in [0.25, 0.3) is 0 Å². The molecule has 2 rings (SSSR count). The van der Waals surface area contributed by atoms with E-state index in [2.05, 4.69) is 40.3 Å². The van der Waals surface area contributed by atoms with Crippen molar-refractivity contribution in [2.75, 3.05) is 19.5 Å². The minimum atomic E-state index is 0.704. The second-order valence-electron chi connectivity index (χ2n) is 4.49. The third-order valence-corrected chi connectivity index (χ3v) is 3.65. The zero-order chi connectivity index (χ0) is 14.5. The first kappa shape index (κ1) is 14.7. The maximum Gasteiger partial charge on any atom is 0.127 e. The number of methoxy groups -OCH3 is 2. The van der Waals surface area contributed by atoms with Crippen LogP contribution in [0.4, 0.5) is 5.69 Å². The molecule has 0 fully saturated rings. The van der Waals surface area contributed by atoms with Gasteiger partial charge in [0.25, 0.3) is 0 Å². The molecule has 1 N–H and O–H groups in total. The SMILES string of the molecule is COc1ccc(CNc2ccc(Br)cc2C)c(OC)c1. The Morgan fingerprint density at radius 2 is 1.85 bits per heavy atom. The van der Waals surface area contributed by atoms with Crippen LogP contribution >= 0.6 is 15.9 Å². The Kier molecular flexibility index (Phi) is 4.90. The van der Waals surface area contributed by atoms with Gasteiger partial charge in [-0.3, -0.25) is 0 Å². The molecule has 0 radical (unpaired) electrons. The number of hydrogen-bond donors (Lipinski definition) is 1. The number of rotatable bonds is 5. The summed E-state index contributed by atoms with van der Waals surface area (Å²) in [5, 5.41) is 3.43. The fraction of sp³-hybridized carbons (Fsp3) is 0.250. The first-order chi connectivity index (χ1) is 9.63. The third-order valence-electron chi connectivity index (χ3n) is 3.15. The molecule has 0 aliphatic carbocycles. The fourth-order valence-electron chi connectivity index (χ4n) is 2.01. The highest BCUT2D eigenvalue weighted by molar-refractivity contribution is 9.10. The van der Waals surface area contributed by atoms with E-state index in [1.54, 1.807) is 14.2 Å². The van der Waals surface area contributed by atoms with Crippen molar-refractivity contribution < 1.29 is 9.47 Å². The van der Waals surface area contributed by atoms with E-state index in [0.29, 0.717) is 6.54 Å². The average Bonchev–Trinajstić information content (AvgIpc) is 2.46. The number of halogens is 1. The Morgan fingerprint density at radius 3 is 2.50 bits per heavy atom. The minimum absolute atomic E-state index is 0.704. The highest BCUT2D eigenvalue weighted by Gasteiger charge is 2.06. The van der Waals surface area contributed by atoms with Gasteiger partial charge in [-0.05, 0) is 42.8 Å². The van der Waals surface area contributed by atoms with Crippen molar-refractivity contribution in [1.29, 1.82) is 0 Å². The van der Waals surface area contributed by atoms with Crippen LogP contribution in [0.15, 0.2) is 40.9 Å². The standard InChI is InChI=1S/C16H18BrNO2/c1-11-8-13(17)5-7-15(11)18-10-12-4-6-14(19-2)9-16(12)20-3/h4-9,18H,10H2,1-3H3. The van der Waals surface area contributed by atoms with Gasteiger partial charge in [-0.15, -0.1) is 0 Å². The molecule has 20 heavy (non-hydrogen) atoms. The quantitative estimate of drug-likeness (QED) is 0.879. The van der Waals surface area contributed by atoms with Crippen molar-refractivity contribution in [3.8, 4) is 11.5 Å². The molecule has 0 saturated heterocycles. The summed E-state index contributed by atoms with van der Waals surface area (Å²) < 4.78 is 11.7. The number of aryl methyl sites for hydroxylation is 1. The zero-order valence-corrected chi connectivity index (χ0v) is 13.5. The zero-order valence-electron chi connectivity index (χ0n) is 11.9. The topological polar surface area (TPSA) is 30.5 Å². The van der Waals surface area contributed by atoms with E-state index in [9.17, 15) is 0 Å². The monoisotopic (exact) mass is 335 g/mol. The molecule has 0 spiro atoms. The second-order valence-corrected chi connectivity index (χ2v) is 5.41. The van der Waals surface area contributed by atoms with Crippen LogP contribution in [0, 0.1) is 6.92 Å². The fourth-order valence-corrected chi connectivity index (χ4v) is 2.49. The lowest BCUT2D eigenvalue weighted by Crippen LogP contribution is -2.03. The number of anilines is 1. The van der Waals surface area contributed by atoms with Crippen LogP contribution in [-0.2, 0) is 6.54 Å². The van der Waals surface area contributed by atoms with Crippen LogP contribution in [0.2, 0.25) is 0 Å². The van der Waals surface area contributed by atoms with Crippen molar-refractivity contribution in [3.63, 3.8) is 0 Å². The summed E-state index contributed by atoms with van der Waals surface area (Å²) >= 11 is 3.47. The van der Waals surface area contributed by atoms with Crippen molar-refractivity contribution in [2.24, 2.45) is 0 Å². The summed E-state index contributed by atoms with van der Waals surface area (Å²) in [6.07, 6.45) is 0. The largest absolute Gasteiger partial charge is 0.497 e. The molecular weight excluding hydrogens is 318 g/mol. The third kappa shape index (κ3) is 3.45. The lowest BCUT2D eigenvalue weighted by Gasteiger charge is -2.13. The summed E-state index contributed by atoms with van der Waals surface area (Å²) in [4.78, 5) is 0. The van der Waals surface area contributed by atoms with Crippen LogP contribution < -0.4 is 14.8 Å². The molecule has 0 bridgehead atoms. The van der Waals surface area contributed by atoms with Gasteiger partial charge in [0.1, 0.15) is 11.5 Å². The van der Waals surface area contributed by atoms with Crippen LogP contribution in [0.1, 0.15) is 11.1 Å². The van der Waals surface area contributed by atoms with Gasteiger partial charge in [-0.1, -0.05) is 15.9 Å². The van der Waals surface area contributed by atoms with Gasteiger partial charge in [0.2, 0.25) is 0 Å². The lowest BCUT2D eigenvalue weighted by atomic mass is 10.1. The predicted molar refractivity (Wildman–Crippen MR) is 85.8 cm³/mol. The summed E-state index contributed by atoms with van der Waals surface area (Å²) in [5.74, 6) is 1.62. The molecule has 0 atom stereocenters. The highest BCUT2D eigenvalue weighted by atomic mass is 79.9. The average molecular weight is 336 g/mol. The predicted octanol–water partition coefficient (Wildman–Crippen LogP) is 4.39. The van der Waals surface area contributed by atoms with E-state index in [-0.39, 0.29) is 0 Å². The van der Waals surface area contributed by atoms with Crippen molar-refractivity contribution >= 4 is 21.6 Å². The molecule has 2 aromatic carbocycles. The van der Waals surface area contributed by atoms with Gasteiger partial charge in [0, 0.05) is 28.3 Å². The maximum absolute atomic E-state index is 5.40. The highest BCUT2D eigenvalue weighted by Crippen LogP contribution is 2.26. The Balaban J connectivity index is 2.14. The molecule has 0 unspecified atom stereocenters. The molecule has 0 aliphatic heterocycles. The molecule has 0 aromatic heterocycles. The molecule has 4 heteroatoms. The Bertz CT molecular complexity index is 599. The molecule has 3 nitrogen and oxygen atoms in total. The van der Waals surface area contributed by atoms with Crippen LogP contribution in [0.5, 0.6) is 11.5 Å². The van der Waals surface area contributed by atoms with Gasteiger partial charge in [-0.25, -0.2) is 0 Å². The van der Waals surface area contributed by atoms with E-state index in [1.165, 1.54) is 5.56 Å². The van der Waals surface area contributed by atoms with Crippen molar-refractivity contribution in [1.82, 2.24) is 0 Å². The van der Waals surface area contributed by atoms with Gasteiger partial charge in [0.15, 0.2) is 0 Å². The van der Waals surface area contributed by atoms with Crippen molar-refractivity contribution in [2.45, 2.75) is 13.5 Å². The van der Waals surface area contributed by atoms with E-state index < -0.39 is 0 Å². The summed E-state index contributed by atoms with van der Waals surface area (Å²) in [6, 6.07) is 12.0. The smallest absolute Gasteiger partial charge is 0.127 e. The molecular formula is C16H18BrNO2. The molecule has 0 amide bonds. The van der Waals surface area contributed by atoms with Crippen LogP contribution in [-0.4, -0.2) is 14.2 Å². The minimum Gasteiger partial charge on any atom is -0.497 e. The van der Waals surface area contributed by atoms with Gasteiger partial charge >= 0.3 is 0 Å². The number of hydrogen-bond acceptors (Lipinski definition) is 3. The normalized spacial score (nSPS) is 10.2. The van der Waals surface area contributed by atoms with Gasteiger partial charge in [-0.2, -0.15) is 0 Å². The summed E-state index contributed by atoms with van der Waals surface area (Å²) in [6.45, 7) is 2.79. The Morgan fingerprint density at radius 1 is 1.05 bits per heavy atom. The number of benzene rings is 2. The summed E-state index contributed by atoms with van der Waals surface area (Å²) in [5.41, 5.74) is 3.41. The van der Waals surface area contributed by atoms with Crippen LogP contribution in [0.3, 0.4) is 0 Å². The lowest BCUT2D eigenvalue weighted by molar-refractivity contribution is 0.391. The first-order valence-electron chi connectivity index (χ1n) is 6.35. The van der Waals surface area contributed by atoms with Crippen molar-refractivity contribution in [3.05, 3.63) is 52.0 Å². The molecule has 106 valence electrons. The molecule has 0 aliphatic rings. The maximum atomic E-state index is 5.40. The number of nitrogens with one attached hydrogen (secondary N) is 1. The van der Waals surface area contributed by atoms with E-state index >= 15 is 0 Å². The molecule has 2 aromatic rings. The second kappa shape index (κ2) is 6.66. The van der Waals surface area contributed by atoms with E-state index in [1.807, 2.05) is 24.3 Å². The summed E-state index contributed by atoms with van der Waals surface area (Å²) in [7, 11) is 3.32. The first-order valence-corrected chi connectivity index (χ1v) is 7.14. The number of ether oxygens (including phenoxy) is 2. The molecule has 0 heterocycles. The van der Waals surface area contributed by atoms with E-state index in [0.717, 1.165) is 27.2 Å². The van der Waals surface area contributed by atoms with Gasteiger partial charge in [0.05, 0.1) is 14.2 Å². The van der Waals surface area contributed by atoms with Gasteiger partial charge < -0.3 is 14.8 Å². The Hall–Kier alpha value is -1.68. The Labute approximate surface area is 128 Å². The van der Waals surface area contributed by atoms with E-state index in [4.69, 9.17) is 9.47 Å².